The van der Waals surface area contributed by atoms with Crippen molar-refractivity contribution in [1.82, 2.24) is 14.5 Å². The molecule has 1 aromatic heterocycles. The van der Waals surface area contributed by atoms with Crippen LogP contribution in [-0.2, 0) is 16.1 Å². The van der Waals surface area contributed by atoms with Crippen molar-refractivity contribution in [3.63, 3.8) is 0 Å². The molecule has 0 unspecified atom stereocenters. The van der Waals surface area contributed by atoms with Crippen LogP contribution < -0.4 is 5.73 Å². The van der Waals surface area contributed by atoms with Crippen molar-refractivity contribution in [2.24, 2.45) is 5.73 Å². The first kappa shape index (κ1) is 16.0. The maximum absolute atomic E-state index is 11.1. The van der Waals surface area contributed by atoms with E-state index < -0.39 is 0 Å². The van der Waals surface area contributed by atoms with E-state index in [9.17, 15) is 4.79 Å². The number of amides is 1. The molecule has 1 saturated heterocycles. The number of nitrogens with two attached hydrogens (primary N) is 1. The number of piperidine rings is 1. The van der Waals surface area contributed by atoms with Crippen molar-refractivity contribution < 1.29 is 9.53 Å². The Bertz CT molecular complexity index is 439. The highest BCUT2D eigenvalue weighted by atomic mass is 16.5. The zero-order valence-electron chi connectivity index (χ0n) is 12.8. The Balaban J connectivity index is 1.78. The smallest absolute Gasteiger partial charge is 0.237 e. The maximum atomic E-state index is 11.1. The summed E-state index contributed by atoms with van der Waals surface area (Å²) >= 11 is 0. The van der Waals surface area contributed by atoms with Crippen molar-refractivity contribution in [3.8, 4) is 0 Å². The van der Waals surface area contributed by atoms with Gasteiger partial charge < -0.3 is 19.9 Å². The molecule has 1 aliphatic rings. The van der Waals surface area contributed by atoms with Crippen molar-refractivity contribution in [3.05, 3.63) is 18.2 Å². The Morgan fingerprint density at radius 3 is 2.86 bits per heavy atom. The lowest BCUT2D eigenvalue weighted by Crippen LogP contribution is -2.36. The summed E-state index contributed by atoms with van der Waals surface area (Å²) in [6.45, 7) is 7.13. The third-order valence-electron chi connectivity index (χ3n) is 3.93. The fourth-order valence-corrected chi connectivity index (χ4v) is 2.84. The SMILES string of the molecule is CCCOCCN1CCC(c2nccn2CC(N)=O)CC1. The second-order valence-corrected chi connectivity index (χ2v) is 5.61. The summed E-state index contributed by atoms with van der Waals surface area (Å²) in [5, 5.41) is 0. The average Bonchev–Trinajstić information content (AvgIpc) is 2.92. The molecule has 118 valence electrons. The molecule has 0 aliphatic carbocycles. The Kier molecular flexibility index (Phi) is 6.20. The number of primary amides is 1. The van der Waals surface area contributed by atoms with E-state index in [-0.39, 0.29) is 12.5 Å². The summed E-state index contributed by atoms with van der Waals surface area (Å²) in [6, 6.07) is 0. The van der Waals surface area contributed by atoms with Gasteiger partial charge in [-0.05, 0) is 32.4 Å². The van der Waals surface area contributed by atoms with E-state index in [1.807, 2.05) is 10.8 Å². The molecule has 2 N–H and O–H groups in total. The second-order valence-electron chi connectivity index (χ2n) is 5.61. The molecule has 1 aliphatic heterocycles. The van der Waals surface area contributed by atoms with E-state index >= 15 is 0 Å². The van der Waals surface area contributed by atoms with Gasteiger partial charge in [0.1, 0.15) is 12.4 Å². The molecule has 0 spiro atoms. The Morgan fingerprint density at radius 2 is 2.19 bits per heavy atom. The molecule has 1 aromatic rings. The number of hydrogen-bond acceptors (Lipinski definition) is 4. The molecule has 0 saturated carbocycles. The highest BCUT2D eigenvalue weighted by Crippen LogP contribution is 2.26. The average molecular weight is 294 g/mol. The number of likely N-dealkylation sites (tertiary alicyclic amines) is 1. The van der Waals surface area contributed by atoms with Crippen LogP contribution in [0, 0.1) is 0 Å². The molecule has 2 heterocycles. The Hall–Kier alpha value is -1.40. The van der Waals surface area contributed by atoms with E-state index in [1.54, 1.807) is 6.20 Å². The summed E-state index contributed by atoms with van der Waals surface area (Å²) < 4.78 is 7.42. The van der Waals surface area contributed by atoms with Gasteiger partial charge >= 0.3 is 0 Å². The lowest BCUT2D eigenvalue weighted by molar-refractivity contribution is -0.118. The quantitative estimate of drug-likeness (QED) is 0.725. The first-order valence-corrected chi connectivity index (χ1v) is 7.80. The normalized spacial score (nSPS) is 17.2. The zero-order valence-corrected chi connectivity index (χ0v) is 12.8. The van der Waals surface area contributed by atoms with Crippen LogP contribution in [0.5, 0.6) is 0 Å². The number of ether oxygens (including phenoxy) is 1. The molecule has 2 rings (SSSR count). The van der Waals surface area contributed by atoms with Gasteiger partial charge in [-0.15, -0.1) is 0 Å². The number of imidazole rings is 1. The fourth-order valence-electron chi connectivity index (χ4n) is 2.84. The number of aromatic nitrogens is 2. The van der Waals surface area contributed by atoms with E-state index in [0.717, 1.165) is 57.9 Å². The number of carbonyl (C=O) groups excluding carboxylic acids is 1. The van der Waals surface area contributed by atoms with Crippen LogP contribution in [0.25, 0.3) is 0 Å². The van der Waals surface area contributed by atoms with Gasteiger partial charge in [0.15, 0.2) is 0 Å². The third-order valence-corrected chi connectivity index (χ3v) is 3.93. The first-order valence-electron chi connectivity index (χ1n) is 7.80. The van der Waals surface area contributed by atoms with Gasteiger partial charge in [-0.25, -0.2) is 4.98 Å². The monoisotopic (exact) mass is 294 g/mol. The Labute approximate surface area is 126 Å². The molecule has 1 fully saturated rings. The van der Waals surface area contributed by atoms with Gasteiger partial charge in [0.05, 0.1) is 6.61 Å². The maximum Gasteiger partial charge on any atom is 0.237 e. The predicted molar refractivity (Wildman–Crippen MR) is 80.9 cm³/mol. The Morgan fingerprint density at radius 1 is 1.43 bits per heavy atom. The van der Waals surface area contributed by atoms with Crippen LogP contribution in [0.2, 0.25) is 0 Å². The van der Waals surface area contributed by atoms with Crippen LogP contribution in [0.3, 0.4) is 0 Å². The van der Waals surface area contributed by atoms with Crippen LogP contribution in [0.15, 0.2) is 12.4 Å². The van der Waals surface area contributed by atoms with Gasteiger partial charge in [0.25, 0.3) is 0 Å². The lowest BCUT2D eigenvalue weighted by Gasteiger charge is -2.31. The van der Waals surface area contributed by atoms with Gasteiger partial charge in [-0.3, -0.25) is 4.79 Å². The molecular weight excluding hydrogens is 268 g/mol. The molecule has 1 amide bonds. The summed E-state index contributed by atoms with van der Waals surface area (Å²) in [7, 11) is 0. The van der Waals surface area contributed by atoms with Gasteiger partial charge in [-0.2, -0.15) is 0 Å². The molecule has 0 radical (unpaired) electrons. The van der Waals surface area contributed by atoms with Crippen molar-refractivity contribution in [2.45, 2.75) is 38.6 Å². The van der Waals surface area contributed by atoms with E-state index in [2.05, 4.69) is 16.8 Å². The molecular formula is C15H26N4O2. The summed E-state index contributed by atoms with van der Waals surface area (Å²) in [4.78, 5) is 17.9. The second kappa shape index (κ2) is 8.14. The van der Waals surface area contributed by atoms with Gasteiger partial charge in [-0.1, -0.05) is 6.92 Å². The van der Waals surface area contributed by atoms with Crippen molar-refractivity contribution in [1.29, 1.82) is 0 Å². The summed E-state index contributed by atoms with van der Waals surface area (Å²) in [6.07, 6.45) is 6.81. The predicted octanol–water partition coefficient (Wildman–Crippen LogP) is 0.974. The van der Waals surface area contributed by atoms with E-state index in [1.165, 1.54) is 0 Å². The molecule has 0 bridgehead atoms. The minimum atomic E-state index is -0.320. The van der Waals surface area contributed by atoms with E-state index in [4.69, 9.17) is 10.5 Å². The minimum Gasteiger partial charge on any atom is -0.380 e. The van der Waals surface area contributed by atoms with Crippen LogP contribution >= 0.6 is 0 Å². The highest BCUT2D eigenvalue weighted by molar-refractivity contribution is 5.73. The number of hydrogen-bond donors (Lipinski definition) is 1. The highest BCUT2D eigenvalue weighted by Gasteiger charge is 2.23. The zero-order chi connectivity index (χ0) is 15.1. The van der Waals surface area contributed by atoms with Crippen LogP contribution in [-0.4, -0.2) is 53.2 Å². The van der Waals surface area contributed by atoms with Crippen molar-refractivity contribution in [2.75, 3.05) is 32.8 Å². The summed E-state index contributed by atoms with van der Waals surface area (Å²) in [5.41, 5.74) is 5.27. The largest absolute Gasteiger partial charge is 0.380 e. The van der Waals surface area contributed by atoms with Crippen LogP contribution in [0.1, 0.15) is 37.9 Å². The van der Waals surface area contributed by atoms with E-state index in [0.29, 0.717) is 5.92 Å². The third kappa shape index (κ3) is 4.82. The van der Waals surface area contributed by atoms with Crippen molar-refractivity contribution >= 4 is 5.91 Å². The topological polar surface area (TPSA) is 73.4 Å². The number of rotatable bonds is 8. The number of carbonyl (C=O) groups is 1. The standard InChI is InChI=1S/C15H26N4O2/c1-2-10-21-11-9-18-6-3-13(4-7-18)15-17-5-8-19(15)12-14(16)20/h5,8,13H,2-4,6-7,9-12H2,1H3,(H2,16,20). The first-order chi connectivity index (χ1) is 10.2. The molecule has 0 aromatic carbocycles. The minimum absolute atomic E-state index is 0.223. The molecule has 0 atom stereocenters. The van der Waals surface area contributed by atoms with Gasteiger partial charge in [0, 0.05) is 31.5 Å². The number of nitrogens with zero attached hydrogens (tertiary/aromatic N) is 3. The molecule has 6 nitrogen and oxygen atoms in total. The lowest BCUT2D eigenvalue weighted by atomic mass is 9.96. The summed E-state index contributed by atoms with van der Waals surface area (Å²) in [5.74, 6) is 1.10. The van der Waals surface area contributed by atoms with Crippen LogP contribution in [0.4, 0.5) is 0 Å². The molecule has 6 heteroatoms. The molecule has 21 heavy (non-hydrogen) atoms. The van der Waals surface area contributed by atoms with Gasteiger partial charge in [0.2, 0.25) is 5.91 Å². The fraction of sp³-hybridized carbons (Fsp3) is 0.733.